The molecule has 0 bridgehead atoms. The van der Waals surface area contributed by atoms with Gasteiger partial charge in [-0.3, -0.25) is 4.79 Å². The molecule has 1 aliphatic rings. The number of carboxylic acid groups (broad SMARTS) is 1. The second kappa shape index (κ2) is 4.49. The maximum Gasteiger partial charge on any atom is 0.307 e. The van der Waals surface area contributed by atoms with E-state index in [0.717, 1.165) is 11.1 Å². The smallest absolute Gasteiger partial charge is 0.307 e. The first-order valence-corrected chi connectivity index (χ1v) is 5.38. The minimum absolute atomic E-state index is 0.0690. The molecule has 0 atom stereocenters. The molecule has 0 radical (unpaired) electrons. The molecule has 1 heterocycles. The first-order valence-electron chi connectivity index (χ1n) is 5.38. The molecule has 1 aromatic carbocycles. The van der Waals surface area contributed by atoms with Gasteiger partial charge in [0.2, 0.25) is 0 Å². The molecule has 1 aromatic rings. The summed E-state index contributed by atoms with van der Waals surface area (Å²) in [4.78, 5) is 10.7. The molecule has 0 aromatic heterocycles. The molecule has 0 spiro atoms. The van der Waals surface area contributed by atoms with Crippen molar-refractivity contribution in [3.63, 3.8) is 0 Å². The Morgan fingerprint density at radius 1 is 1.35 bits per heavy atom. The summed E-state index contributed by atoms with van der Waals surface area (Å²) in [7, 11) is 0. The Morgan fingerprint density at radius 2 is 1.94 bits per heavy atom. The fourth-order valence-corrected chi connectivity index (χ4v) is 1.85. The van der Waals surface area contributed by atoms with Crippen LogP contribution in [0, 0.1) is 6.92 Å². The molecule has 0 unspecified atom stereocenters. The Balaban J connectivity index is 2.34. The molecule has 0 saturated heterocycles. The van der Waals surface area contributed by atoms with Crippen LogP contribution in [0.25, 0.3) is 5.57 Å². The van der Waals surface area contributed by atoms with Gasteiger partial charge in [-0.1, -0.05) is 6.58 Å². The molecule has 17 heavy (non-hydrogen) atoms. The largest absolute Gasteiger partial charge is 0.486 e. The molecule has 0 amide bonds. The molecule has 4 nitrogen and oxygen atoms in total. The number of benzene rings is 1. The van der Waals surface area contributed by atoms with E-state index in [9.17, 15) is 4.79 Å². The molecule has 90 valence electrons. The summed E-state index contributed by atoms with van der Waals surface area (Å²) in [5.41, 5.74) is 2.34. The Hall–Kier alpha value is -1.97. The summed E-state index contributed by atoms with van der Waals surface area (Å²) in [6, 6.07) is 3.66. The Kier molecular flexibility index (Phi) is 3.04. The standard InChI is InChI=1S/C13H14O4/c1-8-5-11-12(17-4-3-16-11)7-10(8)9(2)6-13(14)15/h5,7H,2-4,6H2,1H3,(H,14,15). The van der Waals surface area contributed by atoms with Crippen molar-refractivity contribution in [1.82, 2.24) is 0 Å². The number of carboxylic acids is 1. The minimum Gasteiger partial charge on any atom is -0.486 e. The molecular formula is C13H14O4. The SMILES string of the molecule is C=C(CC(=O)O)c1cc2c(cc1C)OCCO2. The summed E-state index contributed by atoms with van der Waals surface area (Å²) in [5, 5.41) is 8.76. The van der Waals surface area contributed by atoms with Gasteiger partial charge in [-0.2, -0.15) is 0 Å². The molecule has 2 rings (SSSR count). The predicted molar refractivity (Wildman–Crippen MR) is 63.5 cm³/mol. The lowest BCUT2D eigenvalue weighted by atomic mass is 9.98. The van der Waals surface area contributed by atoms with Crippen molar-refractivity contribution >= 4 is 11.5 Å². The first kappa shape index (κ1) is 11.5. The zero-order valence-corrected chi connectivity index (χ0v) is 9.66. The third-order valence-corrected chi connectivity index (χ3v) is 2.63. The van der Waals surface area contributed by atoms with Crippen LogP contribution < -0.4 is 9.47 Å². The van der Waals surface area contributed by atoms with E-state index in [-0.39, 0.29) is 6.42 Å². The Labute approximate surface area is 99.5 Å². The van der Waals surface area contributed by atoms with Crippen molar-refractivity contribution in [2.24, 2.45) is 0 Å². The number of rotatable bonds is 3. The third-order valence-electron chi connectivity index (χ3n) is 2.63. The number of fused-ring (bicyclic) bond motifs is 1. The predicted octanol–water partition coefficient (Wildman–Crippen LogP) is 2.25. The van der Waals surface area contributed by atoms with Crippen LogP contribution in [0.2, 0.25) is 0 Å². The lowest BCUT2D eigenvalue weighted by Crippen LogP contribution is -2.15. The molecule has 0 saturated carbocycles. The monoisotopic (exact) mass is 234 g/mol. The average molecular weight is 234 g/mol. The molecule has 0 aliphatic carbocycles. The number of carbonyl (C=O) groups is 1. The fourth-order valence-electron chi connectivity index (χ4n) is 1.85. The van der Waals surface area contributed by atoms with Crippen molar-refractivity contribution in [2.75, 3.05) is 13.2 Å². The van der Waals surface area contributed by atoms with Crippen LogP contribution in [0.15, 0.2) is 18.7 Å². The first-order chi connectivity index (χ1) is 8.08. The summed E-state index contributed by atoms with van der Waals surface area (Å²) in [6.45, 7) is 6.76. The van der Waals surface area contributed by atoms with Crippen LogP contribution in [-0.4, -0.2) is 24.3 Å². The Morgan fingerprint density at radius 3 is 2.53 bits per heavy atom. The van der Waals surface area contributed by atoms with Crippen molar-refractivity contribution in [3.05, 3.63) is 29.8 Å². The van der Waals surface area contributed by atoms with Gasteiger partial charge in [0.15, 0.2) is 11.5 Å². The number of aliphatic carboxylic acids is 1. The highest BCUT2D eigenvalue weighted by atomic mass is 16.6. The highest BCUT2D eigenvalue weighted by Crippen LogP contribution is 2.35. The van der Waals surface area contributed by atoms with Crippen molar-refractivity contribution in [2.45, 2.75) is 13.3 Å². The lowest BCUT2D eigenvalue weighted by Gasteiger charge is -2.20. The van der Waals surface area contributed by atoms with Gasteiger partial charge >= 0.3 is 5.97 Å². The Bertz CT molecular complexity index is 477. The molecule has 4 heteroatoms. The van der Waals surface area contributed by atoms with Gasteiger partial charge in [-0.05, 0) is 35.8 Å². The third kappa shape index (κ3) is 2.41. The van der Waals surface area contributed by atoms with E-state index in [1.165, 1.54) is 0 Å². The van der Waals surface area contributed by atoms with Crippen molar-refractivity contribution < 1.29 is 19.4 Å². The van der Waals surface area contributed by atoms with Gasteiger partial charge in [0, 0.05) is 0 Å². The number of aryl methyl sites for hydroxylation is 1. The topological polar surface area (TPSA) is 55.8 Å². The van der Waals surface area contributed by atoms with Crippen LogP contribution in [0.3, 0.4) is 0 Å². The molecule has 1 aliphatic heterocycles. The van der Waals surface area contributed by atoms with Crippen LogP contribution in [-0.2, 0) is 4.79 Å². The quantitative estimate of drug-likeness (QED) is 0.871. The zero-order valence-electron chi connectivity index (χ0n) is 9.66. The second-order valence-electron chi connectivity index (χ2n) is 3.98. The van der Waals surface area contributed by atoms with Crippen molar-refractivity contribution in [1.29, 1.82) is 0 Å². The highest BCUT2D eigenvalue weighted by Gasteiger charge is 2.16. The van der Waals surface area contributed by atoms with E-state index < -0.39 is 5.97 Å². The summed E-state index contributed by atoms with van der Waals surface area (Å²) in [6.07, 6.45) is -0.0690. The lowest BCUT2D eigenvalue weighted by molar-refractivity contribution is -0.135. The van der Waals surface area contributed by atoms with Crippen LogP contribution in [0.5, 0.6) is 11.5 Å². The van der Waals surface area contributed by atoms with Crippen LogP contribution >= 0.6 is 0 Å². The van der Waals surface area contributed by atoms with Crippen LogP contribution in [0.1, 0.15) is 17.5 Å². The van der Waals surface area contributed by atoms with E-state index >= 15 is 0 Å². The number of hydrogen-bond acceptors (Lipinski definition) is 3. The van der Waals surface area contributed by atoms with E-state index in [1.54, 1.807) is 6.07 Å². The number of ether oxygens (including phenoxy) is 2. The number of hydrogen-bond donors (Lipinski definition) is 1. The van der Waals surface area contributed by atoms with Gasteiger partial charge in [0.05, 0.1) is 6.42 Å². The fraction of sp³-hybridized carbons (Fsp3) is 0.308. The average Bonchev–Trinajstić information content (AvgIpc) is 2.27. The maximum absolute atomic E-state index is 10.7. The second-order valence-corrected chi connectivity index (χ2v) is 3.98. The van der Waals surface area contributed by atoms with Crippen molar-refractivity contribution in [3.8, 4) is 11.5 Å². The van der Waals surface area contributed by atoms with Gasteiger partial charge in [0.1, 0.15) is 13.2 Å². The van der Waals surface area contributed by atoms with E-state index in [2.05, 4.69) is 6.58 Å². The summed E-state index contributed by atoms with van der Waals surface area (Å²) < 4.78 is 10.9. The van der Waals surface area contributed by atoms with E-state index in [0.29, 0.717) is 30.3 Å². The van der Waals surface area contributed by atoms with Gasteiger partial charge in [-0.25, -0.2) is 0 Å². The normalized spacial score (nSPS) is 13.2. The van der Waals surface area contributed by atoms with Gasteiger partial charge < -0.3 is 14.6 Å². The van der Waals surface area contributed by atoms with Gasteiger partial charge in [0.25, 0.3) is 0 Å². The van der Waals surface area contributed by atoms with Crippen LogP contribution in [0.4, 0.5) is 0 Å². The van der Waals surface area contributed by atoms with E-state index in [1.807, 2.05) is 13.0 Å². The minimum atomic E-state index is -0.885. The molecule has 0 fully saturated rings. The summed E-state index contributed by atoms with van der Waals surface area (Å²) >= 11 is 0. The van der Waals surface area contributed by atoms with Gasteiger partial charge in [-0.15, -0.1) is 0 Å². The maximum atomic E-state index is 10.7. The molecule has 1 N–H and O–H groups in total. The zero-order chi connectivity index (χ0) is 12.4. The molecular weight excluding hydrogens is 220 g/mol. The van der Waals surface area contributed by atoms with E-state index in [4.69, 9.17) is 14.6 Å². The highest BCUT2D eigenvalue weighted by molar-refractivity contribution is 5.84. The summed E-state index contributed by atoms with van der Waals surface area (Å²) in [5.74, 6) is 0.480.